The third-order valence-corrected chi connectivity index (χ3v) is 19.1. The van der Waals surface area contributed by atoms with E-state index in [0.29, 0.717) is 90.4 Å². The number of para-hydroxylation sites is 1. The smallest absolute Gasteiger partial charge is 0.246 e. The molecule has 30 heteroatoms. The van der Waals surface area contributed by atoms with Crippen LogP contribution < -0.4 is 75.7 Å². The number of aromatic nitrogens is 1. The normalized spacial score (nSPS) is 25.2. The van der Waals surface area contributed by atoms with E-state index < -0.39 is 161 Å². The number of amides is 12. The third-order valence-electron chi connectivity index (χ3n) is 19.1. The molecule has 4 rings (SSSR count). The summed E-state index contributed by atoms with van der Waals surface area (Å²) >= 11 is 0. The van der Waals surface area contributed by atoms with Gasteiger partial charge in [-0.3, -0.25) is 62.4 Å². The van der Waals surface area contributed by atoms with E-state index in [1.165, 1.54) is 6.92 Å². The molecule has 12 amide bonds. The Kier molecular flexibility index (Phi) is 39.0. The molecular weight excluding hydrogens is 1350 g/mol. The molecule has 0 radical (unpaired) electrons. The summed E-state index contributed by atoms with van der Waals surface area (Å²) in [4.78, 5) is 180. The molecule has 592 valence electrons. The Morgan fingerprint density at radius 2 is 0.971 bits per heavy atom. The van der Waals surface area contributed by atoms with Gasteiger partial charge in [-0.1, -0.05) is 93.4 Å². The number of carbonyl (C=O) groups excluding carboxylic acids is 12. The average molecular weight is 1480 g/mol. The average Bonchev–Trinajstić information content (AvgIpc) is 1.86. The maximum absolute atomic E-state index is 15.0. The lowest BCUT2D eigenvalue weighted by Crippen LogP contribution is -2.61. The Labute approximate surface area is 621 Å². The first-order valence-corrected chi connectivity index (χ1v) is 38.3. The van der Waals surface area contributed by atoms with Gasteiger partial charge in [0.05, 0.1) is 19.2 Å². The van der Waals surface area contributed by atoms with Crippen LogP contribution in [-0.2, 0) is 68.7 Å². The molecule has 3 heterocycles. The van der Waals surface area contributed by atoms with E-state index in [0.717, 1.165) is 16.5 Å². The van der Waals surface area contributed by atoms with Gasteiger partial charge in [-0.2, -0.15) is 0 Å². The number of hydrogen-bond donors (Lipinski definition) is 15. The molecule has 11 atom stereocenters. The van der Waals surface area contributed by atoms with Crippen molar-refractivity contribution in [2.45, 2.75) is 271 Å². The minimum atomic E-state index is -1.24. The number of unbranched alkanes of at least 4 members (excludes halogenated alkanes) is 4. The number of nitrogens with two attached hydrogens (primary N) is 3. The Morgan fingerprint density at radius 1 is 0.514 bits per heavy atom. The first-order chi connectivity index (χ1) is 49.7. The second-order valence-corrected chi connectivity index (χ2v) is 30.8. The monoisotopic (exact) mass is 1480 g/mol. The van der Waals surface area contributed by atoms with Gasteiger partial charge in [0.15, 0.2) is 0 Å². The highest BCUT2D eigenvalue weighted by atomic mass is 16.5. The van der Waals surface area contributed by atoms with Gasteiger partial charge in [-0.15, -0.1) is 0 Å². The van der Waals surface area contributed by atoms with Crippen molar-refractivity contribution in [2.24, 2.45) is 40.9 Å². The van der Waals surface area contributed by atoms with Gasteiger partial charge in [-0.05, 0) is 173 Å². The lowest BCUT2D eigenvalue weighted by Gasteiger charge is -2.35. The molecule has 0 spiro atoms. The summed E-state index contributed by atoms with van der Waals surface area (Å²) in [6.07, 6.45) is 7.92. The van der Waals surface area contributed by atoms with E-state index in [1.807, 2.05) is 84.6 Å². The predicted molar refractivity (Wildman–Crippen MR) is 404 cm³/mol. The molecule has 105 heavy (non-hydrogen) atoms. The highest BCUT2D eigenvalue weighted by Gasteiger charge is 2.39. The highest BCUT2D eigenvalue weighted by Crippen LogP contribution is 2.24. The fourth-order valence-electron chi connectivity index (χ4n) is 12.9. The minimum Gasteiger partial charge on any atom is -0.370 e. The van der Waals surface area contributed by atoms with Crippen LogP contribution in [-0.4, -0.2) is 217 Å². The van der Waals surface area contributed by atoms with Gasteiger partial charge in [-0.25, -0.2) is 0 Å². The Morgan fingerprint density at radius 3 is 1.49 bits per heavy atom. The first-order valence-electron chi connectivity index (χ1n) is 38.3. The highest BCUT2D eigenvalue weighted by molar-refractivity contribution is 5.99. The van der Waals surface area contributed by atoms with E-state index in [1.54, 1.807) is 38.8 Å². The molecule has 2 aliphatic heterocycles. The van der Waals surface area contributed by atoms with Crippen LogP contribution in [0.3, 0.4) is 0 Å². The molecule has 2 saturated heterocycles. The maximum Gasteiger partial charge on any atom is 0.246 e. The zero-order chi connectivity index (χ0) is 78.1. The SMILES string of the molecule is CCCC[C@@H]1NC(=O)CN(C(C)(C)C)CCNC(=O)[C@H](CCCCN)NC(=O)[C@H](CC(C)C)NC(=O)[C@H](CCCCN)NC(=O)[C@H](CC(C)C)NC(=O)[C@H](CCCCN)NC(=O)COC[C@H]2CCCN2C(=O)[C@H](Cc2c[nH]c3ccccc23)NC(=O)[C@H](C)NC(=O)[C@H](C(C)C)NC(=O)[C@H](C(C)C)NC1=O. The van der Waals surface area contributed by atoms with Crippen molar-refractivity contribution < 1.29 is 62.3 Å². The van der Waals surface area contributed by atoms with E-state index in [-0.39, 0.29) is 83.0 Å². The minimum absolute atomic E-state index is 0.0272. The van der Waals surface area contributed by atoms with Crippen LogP contribution in [0.1, 0.15) is 198 Å². The zero-order valence-electron chi connectivity index (χ0n) is 64.9. The molecule has 0 unspecified atom stereocenters. The fraction of sp³-hybridized carbons (Fsp3) is 0.733. The fourth-order valence-corrected chi connectivity index (χ4v) is 12.9. The largest absolute Gasteiger partial charge is 0.370 e. The van der Waals surface area contributed by atoms with Crippen molar-refractivity contribution in [3.8, 4) is 0 Å². The quantitative estimate of drug-likeness (QED) is 0.0705. The third kappa shape index (κ3) is 30.5. The Bertz CT molecular complexity index is 3140. The molecule has 18 N–H and O–H groups in total. The predicted octanol–water partition coefficient (Wildman–Crippen LogP) is 1.80. The standard InChI is InChI=1S/C75H129N17O13/c1-14-15-27-55-69(99)89-64(48(8)9)73(103)90-63(47(6)7)72(102)81-49(10)65(95)88-60(40-50-41-80-53-28-17-16-26-52(50)53)74(104)92-36-24-25-51(92)43-105-44-62(94)83-56(30-19-22-33-77)67(97)86-59(39-46(4)5)71(101)85-57(31-20-23-34-78)68(98)87-58(38-45(2)3)70(100)84-54(29-18-21-32-76)66(96)79-35-37-91(75(11,12)13)42-61(93)82-55/h16-17,26,28,41,45-49,51,54-60,63-64,80H,14-15,18-25,27,29-40,42-44,76-78H2,1-13H3,(H,79,96)(H,81,102)(H,82,93)(H,83,94)(H,84,100)(H,85,101)(H,86,97)(H,87,98)(H,88,95)(H,89,99)(H,90,103)/t49-,51+,54-,55-,56-,57-,58-,59-,60-,63-,64-/m0/s1. The van der Waals surface area contributed by atoms with E-state index in [2.05, 4.69) is 63.5 Å². The van der Waals surface area contributed by atoms with Crippen molar-refractivity contribution in [3.05, 3.63) is 36.0 Å². The number of nitrogens with one attached hydrogen (secondary N) is 12. The van der Waals surface area contributed by atoms with Crippen molar-refractivity contribution in [1.82, 2.24) is 73.3 Å². The van der Waals surface area contributed by atoms with Gasteiger partial charge in [0.2, 0.25) is 70.9 Å². The number of aromatic amines is 1. The summed E-state index contributed by atoms with van der Waals surface area (Å²) in [6.45, 7) is 24.0. The van der Waals surface area contributed by atoms with Crippen LogP contribution in [0.4, 0.5) is 0 Å². The second-order valence-electron chi connectivity index (χ2n) is 30.8. The van der Waals surface area contributed by atoms with E-state index in [4.69, 9.17) is 21.9 Å². The van der Waals surface area contributed by atoms with E-state index >= 15 is 0 Å². The van der Waals surface area contributed by atoms with Crippen molar-refractivity contribution >= 4 is 81.8 Å². The van der Waals surface area contributed by atoms with Crippen molar-refractivity contribution in [2.75, 3.05) is 59.0 Å². The molecule has 0 aliphatic carbocycles. The van der Waals surface area contributed by atoms with Crippen LogP contribution >= 0.6 is 0 Å². The van der Waals surface area contributed by atoms with Crippen LogP contribution in [0.5, 0.6) is 0 Å². The zero-order valence-corrected chi connectivity index (χ0v) is 64.9. The van der Waals surface area contributed by atoms with Gasteiger partial charge in [0.25, 0.3) is 0 Å². The van der Waals surface area contributed by atoms with Crippen LogP contribution in [0.25, 0.3) is 10.9 Å². The summed E-state index contributed by atoms with van der Waals surface area (Å²) in [5.41, 5.74) is 18.5. The molecular formula is C75H129N17O13. The number of ether oxygens (including phenoxy) is 1. The lowest BCUT2D eigenvalue weighted by atomic mass is 9.98. The summed E-state index contributed by atoms with van der Waals surface area (Å²) in [5.74, 6) is -8.83. The summed E-state index contributed by atoms with van der Waals surface area (Å²) < 4.78 is 6.02. The molecule has 2 fully saturated rings. The molecule has 0 saturated carbocycles. The number of fused-ring (bicyclic) bond motifs is 2. The number of benzene rings is 1. The molecule has 1 aromatic heterocycles. The molecule has 2 aromatic rings. The topological polar surface area (TPSA) is 447 Å². The van der Waals surface area contributed by atoms with Crippen LogP contribution in [0, 0.1) is 23.7 Å². The Balaban J connectivity index is 1.77. The van der Waals surface area contributed by atoms with Crippen molar-refractivity contribution in [1.29, 1.82) is 0 Å². The van der Waals surface area contributed by atoms with Gasteiger partial charge >= 0.3 is 0 Å². The molecule has 30 nitrogen and oxygen atoms in total. The molecule has 0 bridgehead atoms. The number of rotatable bonds is 23. The number of hydrogen-bond acceptors (Lipinski definition) is 17. The number of carbonyl (C=O) groups is 12. The molecule has 1 aromatic carbocycles. The summed E-state index contributed by atoms with van der Waals surface area (Å²) in [7, 11) is 0. The molecule has 2 aliphatic rings. The summed E-state index contributed by atoms with van der Waals surface area (Å²) in [5, 5.41) is 32.2. The van der Waals surface area contributed by atoms with E-state index in [9.17, 15) is 57.5 Å². The van der Waals surface area contributed by atoms with Crippen LogP contribution in [0.2, 0.25) is 0 Å². The number of H-pyrrole nitrogens is 1. The van der Waals surface area contributed by atoms with Crippen LogP contribution in [0.15, 0.2) is 30.5 Å². The van der Waals surface area contributed by atoms with Gasteiger partial charge < -0.3 is 90.3 Å². The lowest BCUT2D eigenvalue weighted by molar-refractivity contribution is -0.139. The first kappa shape index (κ1) is 89.6. The Hall–Kier alpha value is -7.80. The van der Waals surface area contributed by atoms with Gasteiger partial charge in [0, 0.05) is 48.7 Å². The number of nitrogens with zero attached hydrogens (tertiary/aromatic N) is 2. The van der Waals surface area contributed by atoms with Crippen molar-refractivity contribution in [3.63, 3.8) is 0 Å². The van der Waals surface area contributed by atoms with Gasteiger partial charge in [0.1, 0.15) is 67.0 Å². The second kappa shape index (κ2) is 45.6. The summed E-state index contributed by atoms with van der Waals surface area (Å²) in [6, 6.07) is -4.72. The maximum atomic E-state index is 15.0.